The van der Waals surface area contributed by atoms with Gasteiger partial charge < -0.3 is 0 Å². The van der Waals surface area contributed by atoms with Crippen molar-refractivity contribution in [3.05, 3.63) is 79.6 Å². The lowest BCUT2D eigenvalue weighted by Crippen LogP contribution is -2.07. The number of anilines is 1. The van der Waals surface area contributed by atoms with Crippen molar-refractivity contribution in [2.24, 2.45) is 0 Å². The van der Waals surface area contributed by atoms with Crippen LogP contribution in [0.25, 0.3) is 17.3 Å². The Labute approximate surface area is 168 Å². The Balaban J connectivity index is 1.70. The fraction of sp³-hybridized carbons (Fsp3) is 0. The van der Waals surface area contributed by atoms with E-state index in [1.807, 2.05) is 0 Å². The van der Waals surface area contributed by atoms with Gasteiger partial charge in [-0.1, -0.05) is 41.4 Å². The Bertz CT molecular complexity index is 1050. The van der Waals surface area contributed by atoms with E-state index in [4.69, 9.17) is 23.2 Å². The first-order valence-corrected chi connectivity index (χ1v) is 9.20. The highest BCUT2D eigenvalue weighted by Crippen LogP contribution is 2.27. The molecule has 27 heavy (non-hydrogen) atoms. The quantitative estimate of drug-likeness (QED) is 0.327. The molecular formula is C18H11Cl2N3O3S. The van der Waals surface area contributed by atoms with E-state index >= 15 is 0 Å². The van der Waals surface area contributed by atoms with Crippen LogP contribution < -0.4 is 5.32 Å². The number of hydrogen-bond donors (Lipinski definition) is 1. The molecule has 1 aromatic heterocycles. The Kier molecular flexibility index (Phi) is 5.85. The van der Waals surface area contributed by atoms with Crippen molar-refractivity contribution in [2.45, 2.75) is 0 Å². The number of amides is 1. The second-order valence-electron chi connectivity index (χ2n) is 5.33. The van der Waals surface area contributed by atoms with Gasteiger partial charge in [-0.05, 0) is 23.8 Å². The summed E-state index contributed by atoms with van der Waals surface area (Å²) in [6, 6.07) is 11.1. The van der Waals surface area contributed by atoms with Gasteiger partial charge in [0.1, 0.15) is 0 Å². The average Bonchev–Trinajstić information content (AvgIpc) is 3.09. The van der Waals surface area contributed by atoms with Crippen LogP contribution in [0.4, 0.5) is 10.8 Å². The number of carbonyl (C=O) groups excluding carboxylic acids is 1. The normalized spacial score (nSPS) is 10.9. The predicted octanol–water partition coefficient (Wildman–Crippen LogP) is 5.68. The largest absolute Gasteiger partial charge is 0.298 e. The Morgan fingerprint density at radius 2 is 2.04 bits per heavy atom. The first kappa shape index (κ1) is 19.0. The molecule has 9 heteroatoms. The van der Waals surface area contributed by atoms with E-state index in [-0.39, 0.29) is 11.6 Å². The number of benzene rings is 2. The minimum Gasteiger partial charge on any atom is -0.298 e. The zero-order valence-corrected chi connectivity index (χ0v) is 15.9. The summed E-state index contributed by atoms with van der Waals surface area (Å²) in [6.07, 6.45) is 2.91. The zero-order chi connectivity index (χ0) is 19.4. The SMILES string of the molecule is O=C(/C=C/c1ccc(Cl)cc1Cl)Nc1nc(-c2cccc([N+](=O)[O-])c2)cs1. The average molecular weight is 420 g/mol. The van der Waals surface area contributed by atoms with Crippen LogP contribution in [0.15, 0.2) is 53.9 Å². The Morgan fingerprint density at radius 3 is 2.78 bits per heavy atom. The third kappa shape index (κ3) is 4.91. The van der Waals surface area contributed by atoms with Crippen LogP contribution >= 0.6 is 34.5 Å². The number of thiazole rings is 1. The number of nitro benzene ring substituents is 1. The monoisotopic (exact) mass is 419 g/mol. The summed E-state index contributed by atoms with van der Waals surface area (Å²) < 4.78 is 0. The summed E-state index contributed by atoms with van der Waals surface area (Å²) in [4.78, 5) is 26.8. The second kappa shape index (κ2) is 8.30. The van der Waals surface area contributed by atoms with Crippen LogP contribution in [0.3, 0.4) is 0 Å². The van der Waals surface area contributed by atoms with Crippen LogP contribution in [0.1, 0.15) is 5.56 Å². The highest BCUT2D eigenvalue weighted by Gasteiger charge is 2.11. The van der Waals surface area contributed by atoms with Crippen molar-refractivity contribution < 1.29 is 9.72 Å². The molecule has 0 fully saturated rings. The maximum absolute atomic E-state index is 12.1. The summed E-state index contributed by atoms with van der Waals surface area (Å²) in [5, 5.41) is 16.6. The third-order valence-corrected chi connectivity index (χ3v) is 4.78. The van der Waals surface area contributed by atoms with E-state index in [0.29, 0.717) is 32.0 Å². The molecule has 0 aliphatic carbocycles. The lowest BCUT2D eigenvalue weighted by molar-refractivity contribution is -0.384. The summed E-state index contributed by atoms with van der Waals surface area (Å²) >= 11 is 13.1. The van der Waals surface area contributed by atoms with Crippen molar-refractivity contribution in [1.82, 2.24) is 4.98 Å². The van der Waals surface area contributed by atoms with Gasteiger partial charge in [0.05, 0.1) is 10.6 Å². The van der Waals surface area contributed by atoms with Crippen molar-refractivity contribution in [3.63, 3.8) is 0 Å². The van der Waals surface area contributed by atoms with Crippen LogP contribution in [0.5, 0.6) is 0 Å². The highest BCUT2D eigenvalue weighted by molar-refractivity contribution is 7.14. The number of halogens is 2. The van der Waals surface area contributed by atoms with Crippen LogP contribution in [-0.2, 0) is 4.79 Å². The topological polar surface area (TPSA) is 85.1 Å². The van der Waals surface area contributed by atoms with E-state index in [9.17, 15) is 14.9 Å². The van der Waals surface area contributed by atoms with Crippen molar-refractivity contribution >= 4 is 57.3 Å². The number of aromatic nitrogens is 1. The number of nitro groups is 1. The fourth-order valence-corrected chi connectivity index (χ4v) is 3.39. The van der Waals surface area contributed by atoms with E-state index < -0.39 is 4.92 Å². The molecule has 3 rings (SSSR count). The van der Waals surface area contributed by atoms with E-state index in [1.165, 1.54) is 29.5 Å². The molecule has 0 bridgehead atoms. The van der Waals surface area contributed by atoms with Gasteiger partial charge in [0, 0.05) is 39.2 Å². The Hall–Kier alpha value is -2.74. The molecule has 0 atom stereocenters. The molecule has 136 valence electrons. The minimum atomic E-state index is -0.467. The van der Waals surface area contributed by atoms with Crippen LogP contribution in [0.2, 0.25) is 10.0 Å². The van der Waals surface area contributed by atoms with Gasteiger partial charge in [-0.3, -0.25) is 20.2 Å². The van der Waals surface area contributed by atoms with Gasteiger partial charge in [-0.2, -0.15) is 0 Å². The van der Waals surface area contributed by atoms with Gasteiger partial charge in [0.15, 0.2) is 5.13 Å². The first-order chi connectivity index (χ1) is 12.9. The first-order valence-electron chi connectivity index (χ1n) is 7.57. The summed E-state index contributed by atoms with van der Waals surface area (Å²) in [5.74, 6) is -0.374. The van der Waals surface area contributed by atoms with Gasteiger partial charge >= 0.3 is 0 Å². The smallest absolute Gasteiger partial charge is 0.270 e. The van der Waals surface area contributed by atoms with Crippen LogP contribution in [-0.4, -0.2) is 15.8 Å². The molecule has 0 aliphatic heterocycles. The molecule has 0 radical (unpaired) electrons. The van der Waals surface area contributed by atoms with Crippen molar-refractivity contribution in [3.8, 4) is 11.3 Å². The predicted molar refractivity (Wildman–Crippen MR) is 108 cm³/mol. The number of non-ortho nitro benzene ring substituents is 1. The van der Waals surface area contributed by atoms with E-state index in [1.54, 1.807) is 41.8 Å². The number of nitrogens with one attached hydrogen (secondary N) is 1. The second-order valence-corrected chi connectivity index (χ2v) is 7.04. The number of nitrogens with zero attached hydrogens (tertiary/aromatic N) is 2. The molecule has 3 aromatic rings. The van der Waals surface area contributed by atoms with Crippen molar-refractivity contribution in [1.29, 1.82) is 0 Å². The minimum absolute atomic E-state index is 0.0196. The summed E-state index contributed by atoms with van der Waals surface area (Å²) in [6.45, 7) is 0. The number of rotatable bonds is 5. The molecule has 1 N–H and O–H groups in total. The fourth-order valence-electron chi connectivity index (χ4n) is 2.19. The molecule has 0 unspecified atom stereocenters. The van der Waals surface area contributed by atoms with Gasteiger partial charge in [0.2, 0.25) is 5.91 Å². The molecule has 2 aromatic carbocycles. The van der Waals surface area contributed by atoms with Crippen molar-refractivity contribution in [2.75, 3.05) is 5.32 Å². The summed E-state index contributed by atoms with van der Waals surface area (Å²) in [5.41, 5.74) is 1.79. The molecular weight excluding hydrogens is 409 g/mol. The highest BCUT2D eigenvalue weighted by atomic mass is 35.5. The Morgan fingerprint density at radius 1 is 1.22 bits per heavy atom. The molecule has 0 spiro atoms. The van der Waals surface area contributed by atoms with Gasteiger partial charge in [0.25, 0.3) is 5.69 Å². The molecule has 0 saturated carbocycles. The van der Waals surface area contributed by atoms with Crippen LogP contribution in [0, 0.1) is 10.1 Å². The molecule has 6 nitrogen and oxygen atoms in total. The number of hydrogen-bond acceptors (Lipinski definition) is 5. The van der Waals surface area contributed by atoms with Gasteiger partial charge in [-0.25, -0.2) is 4.98 Å². The summed E-state index contributed by atoms with van der Waals surface area (Å²) in [7, 11) is 0. The maximum Gasteiger partial charge on any atom is 0.270 e. The maximum atomic E-state index is 12.1. The lowest BCUT2D eigenvalue weighted by atomic mass is 10.1. The molecule has 1 heterocycles. The lowest BCUT2D eigenvalue weighted by Gasteiger charge is -1.99. The third-order valence-electron chi connectivity index (χ3n) is 3.46. The molecule has 0 saturated heterocycles. The zero-order valence-electron chi connectivity index (χ0n) is 13.6. The number of carbonyl (C=O) groups is 1. The van der Waals surface area contributed by atoms with E-state index in [2.05, 4.69) is 10.3 Å². The molecule has 1 amide bonds. The molecule has 0 aliphatic rings. The standard InChI is InChI=1S/C18H11Cl2N3O3S/c19-13-6-4-11(15(20)9-13)5-7-17(24)22-18-21-16(10-27-18)12-2-1-3-14(8-12)23(25)26/h1-10H,(H,21,22,24)/b7-5+. The van der Waals surface area contributed by atoms with Gasteiger partial charge in [-0.15, -0.1) is 11.3 Å². The van der Waals surface area contributed by atoms with E-state index in [0.717, 1.165) is 0 Å².